The van der Waals surface area contributed by atoms with Gasteiger partial charge in [0.1, 0.15) is 5.82 Å². The number of ether oxygens (including phenoxy) is 1. The van der Waals surface area contributed by atoms with Gasteiger partial charge < -0.3 is 19.6 Å². The Balaban J connectivity index is 1.92. The molecule has 2 aliphatic rings. The molecule has 0 bridgehead atoms. The Morgan fingerprint density at radius 1 is 1.47 bits per heavy atom. The van der Waals surface area contributed by atoms with Gasteiger partial charge in [-0.15, -0.1) is 0 Å². The van der Waals surface area contributed by atoms with Crippen LogP contribution in [0.25, 0.3) is 0 Å². The first kappa shape index (κ1) is 12.1. The molecule has 0 saturated carbocycles. The second-order valence-electron chi connectivity index (χ2n) is 5.14. The summed E-state index contributed by atoms with van der Waals surface area (Å²) >= 11 is 0. The van der Waals surface area contributed by atoms with Gasteiger partial charge in [0.25, 0.3) is 0 Å². The second-order valence-corrected chi connectivity index (χ2v) is 5.14. The van der Waals surface area contributed by atoms with Crippen molar-refractivity contribution in [3.63, 3.8) is 0 Å². The highest BCUT2D eigenvalue weighted by Gasteiger charge is 2.40. The van der Waals surface area contributed by atoms with Crippen molar-refractivity contribution in [1.29, 1.82) is 0 Å². The van der Waals surface area contributed by atoms with Gasteiger partial charge in [-0.25, -0.2) is 4.79 Å². The van der Waals surface area contributed by atoms with Crippen LogP contribution in [0.4, 0.5) is 10.6 Å². The first-order valence-corrected chi connectivity index (χ1v) is 6.40. The summed E-state index contributed by atoms with van der Waals surface area (Å²) in [4.78, 5) is 19.4. The summed E-state index contributed by atoms with van der Waals surface area (Å²) in [6, 6.07) is 4.21. The molecular weight excluding hydrogens is 246 g/mol. The van der Waals surface area contributed by atoms with Crippen molar-refractivity contribution in [1.82, 2.24) is 9.88 Å². The van der Waals surface area contributed by atoms with Gasteiger partial charge in [0.2, 0.25) is 5.88 Å². The van der Waals surface area contributed by atoms with Crippen LogP contribution in [0.1, 0.15) is 12.5 Å². The van der Waals surface area contributed by atoms with Crippen molar-refractivity contribution in [2.45, 2.75) is 25.4 Å². The molecule has 0 aromatic carbocycles. The van der Waals surface area contributed by atoms with Crippen LogP contribution in [0, 0.1) is 0 Å². The van der Waals surface area contributed by atoms with E-state index >= 15 is 0 Å². The number of fused-ring (bicyclic) bond motifs is 3. The molecule has 3 rings (SSSR count). The van der Waals surface area contributed by atoms with Crippen LogP contribution in [0.15, 0.2) is 12.1 Å². The number of rotatable bonds is 1. The first-order valence-electron chi connectivity index (χ1n) is 6.40. The SMILES string of the molecule is COc1ccc2c(n1)N1[C@H](C2)CN(C(=O)O)C[C@H]1C. The van der Waals surface area contributed by atoms with E-state index in [1.165, 1.54) is 10.5 Å². The zero-order valence-electron chi connectivity index (χ0n) is 11.0. The van der Waals surface area contributed by atoms with E-state index in [0.717, 1.165) is 12.2 Å². The molecule has 1 amide bonds. The fourth-order valence-electron chi connectivity index (χ4n) is 3.09. The maximum absolute atomic E-state index is 11.1. The number of amides is 1. The summed E-state index contributed by atoms with van der Waals surface area (Å²) in [6.07, 6.45) is 0.00785. The third-order valence-electron chi connectivity index (χ3n) is 3.89. The lowest BCUT2D eigenvalue weighted by atomic mass is 10.1. The summed E-state index contributed by atoms with van der Waals surface area (Å²) in [5, 5.41) is 9.15. The van der Waals surface area contributed by atoms with Crippen LogP contribution in [-0.4, -0.2) is 53.4 Å². The van der Waals surface area contributed by atoms with Crippen molar-refractivity contribution in [2.24, 2.45) is 0 Å². The quantitative estimate of drug-likeness (QED) is 0.824. The standard InChI is InChI=1S/C13H17N3O3/c1-8-6-15(13(17)18)7-10-5-9-3-4-11(19-2)14-12(9)16(8)10/h3-4,8,10H,5-7H2,1-2H3,(H,17,18)/t8-,10-/m1/s1. The minimum absolute atomic E-state index is 0.135. The predicted octanol–water partition coefficient (Wildman–Crippen LogP) is 1.20. The van der Waals surface area contributed by atoms with Crippen LogP contribution in [0.3, 0.4) is 0 Å². The van der Waals surface area contributed by atoms with E-state index in [0.29, 0.717) is 19.0 Å². The van der Waals surface area contributed by atoms with E-state index in [1.807, 2.05) is 19.1 Å². The van der Waals surface area contributed by atoms with Crippen LogP contribution in [0.5, 0.6) is 5.88 Å². The van der Waals surface area contributed by atoms with Gasteiger partial charge in [-0.1, -0.05) is 0 Å². The number of carbonyl (C=O) groups is 1. The molecule has 6 heteroatoms. The van der Waals surface area contributed by atoms with E-state index in [-0.39, 0.29) is 12.1 Å². The Bertz CT molecular complexity index is 520. The van der Waals surface area contributed by atoms with Crippen molar-refractivity contribution >= 4 is 11.9 Å². The summed E-state index contributed by atoms with van der Waals surface area (Å²) in [5.74, 6) is 1.55. The fraction of sp³-hybridized carbons (Fsp3) is 0.538. The van der Waals surface area contributed by atoms with Crippen LogP contribution in [0.2, 0.25) is 0 Å². The molecule has 1 aromatic rings. The van der Waals surface area contributed by atoms with Gasteiger partial charge in [0.05, 0.1) is 13.2 Å². The van der Waals surface area contributed by atoms with E-state index in [2.05, 4.69) is 9.88 Å². The molecule has 102 valence electrons. The van der Waals surface area contributed by atoms with Crippen molar-refractivity contribution in [3.8, 4) is 5.88 Å². The Kier molecular flexibility index (Phi) is 2.73. The normalized spacial score (nSPS) is 24.9. The molecule has 1 aromatic heterocycles. The Labute approximate surface area is 111 Å². The molecule has 3 heterocycles. The Hall–Kier alpha value is -1.98. The fourth-order valence-corrected chi connectivity index (χ4v) is 3.09. The largest absolute Gasteiger partial charge is 0.481 e. The monoisotopic (exact) mass is 263 g/mol. The van der Waals surface area contributed by atoms with Crippen LogP contribution < -0.4 is 9.64 Å². The third-order valence-corrected chi connectivity index (χ3v) is 3.89. The molecule has 2 aliphatic heterocycles. The highest BCUT2D eigenvalue weighted by Crippen LogP contribution is 2.36. The highest BCUT2D eigenvalue weighted by molar-refractivity contribution is 5.67. The number of pyridine rings is 1. The average Bonchev–Trinajstić information content (AvgIpc) is 2.76. The van der Waals surface area contributed by atoms with Gasteiger partial charge in [-0.3, -0.25) is 0 Å². The van der Waals surface area contributed by atoms with Gasteiger partial charge in [0, 0.05) is 25.2 Å². The number of piperazine rings is 1. The molecule has 1 N–H and O–H groups in total. The van der Waals surface area contributed by atoms with Gasteiger partial charge >= 0.3 is 6.09 Å². The topological polar surface area (TPSA) is 65.9 Å². The molecule has 1 saturated heterocycles. The molecule has 19 heavy (non-hydrogen) atoms. The van der Waals surface area contributed by atoms with Crippen molar-refractivity contribution in [3.05, 3.63) is 17.7 Å². The van der Waals surface area contributed by atoms with Gasteiger partial charge in [-0.2, -0.15) is 4.98 Å². The maximum Gasteiger partial charge on any atom is 0.407 e. The minimum atomic E-state index is -0.840. The number of anilines is 1. The second kappa shape index (κ2) is 4.29. The van der Waals surface area contributed by atoms with E-state index < -0.39 is 6.09 Å². The molecule has 0 unspecified atom stereocenters. The zero-order chi connectivity index (χ0) is 13.6. The van der Waals surface area contributed by atoms with Crippen molar-refractivity contribution < 1.29 is 14.6 Å². The third kappa shape index (κ3) is 1.87. The lowest BCUT2D eigenvalue weighted by molar-refractivity contribution is 0.128. The highest BCUT2D eigenvalue weighted by atomic mass is 16.5. The number of methoxy groups -OCH3 is 1. The van der Waals surface area contributed by atoms with Gasteiger partial charge in [-0.05, 0) is 25.0 Å². The first-order chi connectivity index (χ1) is 9.10. The Morgan fingerprint density at radius 2 is 2.26 bits per heavy atom. The summed E-state index contributed by atoms with van der Waals surface area (Å²) in [7, 11) is 1.60. The Morgan fingerprint density at radius 3 is 2.95 bits per heavy atom. The average molecular weight is 263 g/mol. The summed E-state index contributed by atoms with van der Waals surface area (Å²) in [6.45, 7) is 3.10. The molecule has 0 aliphatic carbocycles. The van der Waals surface area contributed by atoms with Crippen LogP contribution in [-0.2, 0) is 6.42 Å². The maximum atomic E-state index is 11.1. The number of hydrogen-bond donors (Lipinski definition) is 1. The van der Waals surface area contributed by atoms with Crippen LogP contribution >= 0.6 is 0 Å². The van der Waals surface area contributed by atoms with Crippen molar-refractivity contribution in [2.75, 3.05) is 25.1 Å². The van der Waals surface area contributed by atoms with E-state index in [9.17, 15) is 4.79 Å². The predicted molar refractivity (Wildman–Crippen MR) is 69.8 cm³/mol. The summed E-state index contributed by atoms with van der Waals surface area (Å²) in [5.41, 5.74) is 1.17. The number of nitrogens with zero attached hydrogens (tertiary/aromatic N) is 3. The smallest absolute Gasteiger partial charge is 0.407 e. The number of carboxylic acid groups (broad SMARTS) is 1. The molecule has 2 atom stereocenters. The molecular formula is C13H17N3O3. The minimum Gasteiger partial charge on any atom is -0.481 e. The zero-order valence-corrected chi connectivity index (χ0v) is 11.0. The lowest BCUT2D eigenvalue weighted by Gasteiger charge is -2.42. The number of hydrogen-bond acceptors (Lipinski definition) is 4. The number of aromatic nitrogens is 1. The van der Waals surface area contributed by atoms with E-state index in [1.54, 1.807) is 7.11 Å². The molecule has 0 spiro atoms. The molecule has 6 nitrogen and oxygen atoms in total. The lowest BCUT2D eigenvalue weighted by Crippen LogP contribution is -2.57. The molecule has 0 radical (unpaired) electrons. The van der Waals surface area contributed by atoms with E-state index in [4.69, 9.17) is 9.84 Å². The molecule has 1 fully saturated rings. The van der Waals surface area contributed by atoms with Gasteiger partial charge in [0.15, 0.2) is 0 Å². The summed E-state index contributed by atoms with van der Waals surface area (Å²) < 4.78 is 5.17.